The van der Waals surface area contributed by atoms with E-state index in [4.69, 9.17) is 4.74 Å². The lowest BCUT2D eigenvalue weighted by Gasteiger charge is -2.26. The van der Waals surface area contributed by atoms with E-state index >= 15 is 0 Å². The molecule has 2 fully saturated rings. The first-order chi connectivity index (χ1) is 8.25. The van der Waals surface area contributed by atoms with Crippen LogP contribution in [0, 0.1) is 5.92 Å². The van der Waals surface area contributed by atoms with Crippen molar-refractivity contribution < 1.29 is 9.53 Å². The van der Waals surface area contributed by atoms with E-state index in [-0.39, 0.29) is 12.0 Å². The van der Waals surface area contributed by atoms with Gasteiger partial charge in [-0.15, -0.1) is 0 Å². The number of nitrogens with zero attached hydrogens (tertiary/aromatic N) is 1. The van der Waals surface area contributed by atoms with Crippen molar-refractivity contribution in [2.45, 2.75) is 19.4 Å². The van der Waals surface area contributed by atoms with Gasteiger partial charge in [-0.1, -0.05) is 0 Å². The fourth-order valence-electron chi connectivity index (χ4n) is 2.42. The number of ether oxygens (including phenoxy) is 1. The van der Waals surface area contributed by atoms with Crippen LogP contribution in [0.15, 0.2) is 0 Å². The third-order valence-corrected chi connectivity index (χ3v) is 3.67. The van der Waals surface area contributed by atoms with Crippen molar-refractivity contribution in [2.75, 3.05) is 45.9 Å². The van der Waals surface area contributed by atoms with Crippen LogP contribution in [0.3, 0.4) is 0 Å². The predicted molar refractivity (Wildman–Crippen MR) is 65.8 cm³/mol. The Morgan fingerprint density at radius 2 is 2.24 bits per heavy atom. The van der Waals surface area contributed by atoms with Gasteiger partial charge in [0.1, 0.15) is 0 Å². The summed E-state index contributed by atoms with van der Waals surface area (Å²) in [4.78, 5) is 14.0. The molecule has 2 atom stereocenters. The van der Waals surface area contributed by atoms with Gasteiger partial charge in [-0.3, -0.25) is 9.69 Å². The number of carbonyl (C=O) groups excluding carboxylic acids is 1. The Balaban J connectivity index is 1.63. The maximum atomic E-state index is 11.8. The molecule has 2 rings (SSSR count). The minimum Gasteiger partial charge on any atom is -0.378 e. The molecule has 2 saturated heterocycles. The Bertz CT molecular complexity index is 254. The van der Waals surface area contributed by atoms with Gasteiger partial charge in [0.15, 0.2) is 0 Å². The standard InChI is InChI=1S/C12H23N3O2/c1-10-11(2-7-17-10)8-14-12(16)9-15-5-3-13-4-6-15/h10-11,13H,2-9H2,1H3,(H,14,16). The van der Waals surface area contributed by atoms with Crippen LogP contribution in [0.1, 0.15) is 13.3 Å². The first-order valence-electron chi connectivity index (χ1n) is 6.57. The van der Waals surface area contributed by atoms with Crippen molar-refractivity contribution in [3.8, 4) is 0 Å². The normalized spacial score (nSPS) is 30.4. The van der Waals surface area contributed by atoms with Gasteiger partial charge in [0.25, 0.3) is 0 Å². The molecular formula is C12H23N3O2. The summed E-state index contributed by atoms with van der Waals surface area (Å²) < 4.78 is 5.48. The largest absolute Gasteiger partial charge is 0.378 e. The Labute approximate surface area is 103 Å². The lowest BCUT2D eigenvalue weighted by atomic mass is 10.0. The Kier molecular flexibility index (Phi) is 4.76. The number of carbonyl (C=O) groups is 1. The zero-order valence-electron chi connectivity index (χ0n) is 10.6. The average molecular weight is 241 g/mol. The van der Waals surface area contributed by atoms with Crippen LogP contribution < -0.4 is 10.6 Å². The van der Waals surface area contributed by atoms with Crippen molar-refractivity contribution in [1.29, 1.82) is 0 Å². The summed E-state index contributed by atoms with van der Waals surface area (Å²) in [5.74, 6) is 0.632. The summed E-state index contributed by atoms with van der Waals surface area (Å²) in [7, 11) is 0. The molecule has 98 valence electrons. The van der Waals surface area contributed by atoms with Gasteiger partial charge in [-0.25, -0.2) is 0 Å². The number of piperazine rings is 1. The van der Waals surface area contributed by atoms with Crippen molar-refractivity contribution in [3.05, 3.63) is 0 Å². The first kappa shape index (κ1) is 12.8. The highest BCUT2D eigenvalue weighted by Gasteiger charge is 2.24. The van der Waals surface area contributed by atoms with E-state index in [1.165, 1.54) is 0 Å². The lowest BCUT2D eigenvalue weighted by Crippen LogP contribution is -2.48. The molecule has 0 spiro atoms. The molecule has 2 heterocycles. The molecule has 2 N–H and O–H groups in total. The third kappa shape index (κ3) is 3.94. The molecule has 0 bridgehead atoms. The van der Waals surface area contributed by atoms with E-state index in [1.54, 1.807) is 0 Å². The van der Waals surface area contributed by atoms with Crippen molar-refractivity contribution in [3.63, 3.8) is 0 Å². The fraction of sp³-hybridized carbons (Fsp3) is 0.917. The Hall–Kier alpha value is -0.650. The van der Waals surface area contributed by atoms with Gasteiger partial charge in [0.05, 0.1) is 12.6 Å². The maximum Gasteiger partial charge on any atom is 0.234 e. The number of hydrogen-bond donors (Lipinski definition) is 2. The van der Waals surface area contributed by atoms with Crippen LogP contribution in [0.2, 0.25) is 0 Å². The van der Waals surface area contributed by atoms with Crippen LogP contribution in [-0.4, -0.2) is 62.8 Å². The Morgan fingerprint density at radius 3 is 2.88 bits per heavy atom. The minimum atomic E-state index is 0.144. The predicted octanol–water partition coefficient (Wildman–Crippen LogP) is -0.567. The highest BCUT2D eigenvalue weighted by Crippen LogP contribution is 2.19. The molecule has 5 heteroatoms. The molecule has 0 aromatic carbocycles. The molecule has 2 aliphatic rings. The van der Waals surface area contributed by atoms with Crippen molar-refractivity contribution in [1.82, 2.24) is 15.5 Å². The van der Waals surface area contributed by atoms with Crippen molar-refractivity contribution >= 4 is 5.91 Å². The second-order valence-electron chi connectivity index (χ2n) is 4.95. The minimum absolute atomic E-state index is 0.144. The topological polar surface area (TPSA) is 53.6 Å². The monoisotopic (exact) mass is 241 g/mol. The molecule has 0 radical (unpaired) electrons. The quantitative estimate of drug-likeness (QED) is 0.692. The highest BCUT2D eigenvalue weighted by atomic mass is 16.5. The first-order valence-corrected chi connectivity index (χ1v) is 6.57. The molecule has 0 saturated carbocycles. The molecule has 2 aliphatic heterocycles. The summed E-state index contributed by atoms with van der Waals surface area (Å²) in [6, 6.07) is 0. The van der Waals surface area contributed by atoms with Crippen LogP contribution >= 0.6 is 0 Å². The summed E-state index contributed by atoms with van der Waals surface area (Å²) in [6.07, 6.45) is 1.35. The summed E-state index contributed by atoms with van der Waals surface area (Å²) in [6.45, 7) is 8.11. The zero-order valence-corrected chi connectivity index (χ0v) is 10.6. The molecular weight excluding hydrogens is 218 g/mol. The van der Waals surface area contributed by atoms with E-state index in [2.05, 4.69) is 22.5 Å². The van der Waals surface area contributed by atoms with E-state index in [9.17, 15) is 4.79 Å². The van der Waals surface area contributed by atoms with Crippen molar-refractivity contribution in [2.24, 2.45) is 5.92 Å². The van der Waals surface area contributed by atoms with Crippen LogP contribution in [-0.2, 0) is 9.53 Å². The zero-order chi connectivity index (χ0) is 12.1. The highest BCUT2D eigenvalue weighted by molar-refractivity contribution is 5.78. The van der Waals surface area contributed by atoms with Gasteiger partial charge in [0.2, 0.25) is 5.91 Å². The second-order valence-corrected chi connectivity index (χ2v) is 4.95. The average Bonchev–Trinajstić information content (AvgIpc) is 2.74. The number of rotatable bonds is 4. The lowest BCUT2D eigenvalue weighted by molar-refractivity contribution is -0.122. The SMILES string of the molecule is CC1OCCC1CNC(=O)CN1CCNCC1. The molecule has 5 nitrogen and oxygen atoms in total. The van der Waals surface area contributed by atoms with E-state index in [0.29, 0.717) is 12.5 Å². The summed E-state index contributed by atoms with van der Waals surface area (Å²) >= 11 is 0. The van der Waals surface area contributed by atoms with Gasteiger partial charge < -0.3 is 15.4 Å². The number of nitrogens with one attached hydrogen (secondary N) is 2. The Morgan fingerprint density at radius 1 is 1.47 bits per heavy atom. The van der Waals surface area contributed by atoms with E-state index in [1.807, 2.05) is 0 Å². The van der Waals surface area contributed by atoms with Crippen LogP contribution in [0.25, 0.3) is 0 Å². The van der Waals surface area contributed by atoms with Gasteiger partial charge in [-0.2, -0.15) is 0 Å². The maximum absolute atomic E-state index is 11.8. The van der Waals surface area contributed by atoms with Gasteiger partial charge in [0, 0.05) is 45.2 Å². The van der Waals surface area contributed by atoms with Gasteiger partial charge in [-0.05, 0) is 13.3 Å². The molecule has 1 amide bonds. The number of hydrogen-bond acceptors (Lipinski definition) is 4. The molecule has 0 aromatic heterocycles. The summed E-state index contributed by atoms with van der Waals surface area (Å²) in [5, 5.41) is 6.30. The fourth-order valence-corrected chi connectivity index (χ4v) is 2.42. The second kappa shape index (κ2) is 6.33. The molecule has 17 heavy (non-hydrogen) atoms. The molecule has 2 unspecified atom stereocenters. The van der Waals surface area contributed by atoms with E-state index < -0.39 is 0 Å². The van der Waals surface area contributed by atoms with E-state index in [0.717, 1.165) is 45.8 Å². The van der Waals surface area contributed by atoms with Crippen LogP contribution in [0.5, 0.6) is 0 Å². The van der Waals surface area contributed by atoms with Crippen LogP contribution in [0.4, 0.5) is 0 Å². The third-order valence-electron chi connectivity index (χ3n) is 3.67. The smallest absolute Gasteiger partial charge is 0.234 e. The number of amides is 1. The molecule has 0 aliphatic carbocycles. The molecule has 0 aromatic rings. The summed E-state index contributed by atoms with van der Waals surface area (Å²) in [5.41, 5.74) is 0. The van der Waals surface area contributed by atoms with Gasteiger partial charge >= 0.3 is 0 Å².